The highest BCUT2D eigenvalue weighted by atomic mass is 35.5. The molecule has 1 heterocycles. The first-order chi connectivity index (χ1) is 8.77. The van der Waals surface area contributed by atoms with E-state index in [4.69, 9.17) is 28.9 Å². The van der Waals surface area contributed by atoms with Crippen LogP contribution in [-0.2, 0) is 5.41 Å². The molecule has 0 radical (unpaired) electrons. The zero-order chi connectivity index (χ0) is 14.2. The Hall–Kier alpha value is -1.32. The van der Waals surface area contributed by atoms with Gasteiger partial charge in [-0.3, -0.25) is 0 Å². The molecule has 0 fully saturated rings. The third-order valence-electron chi connectivity index (χ3n) is 2.63. The van der Waals surface area contributed by atoms with Gasteiger partial charge in [0.2, 0.25) is 0 Å². The van der Waals surface area contributed by atoms with Crippen LogP contribution in [0.3, 0.4) is 0 Å². The van der Waals surface area contributed by atoms with Gasteiger partial charge >= 0.3 is 0 Å². The van der Waals surface area contributed by atoms with Crippen LogP contribution in [-0.4, -0.2) is 9.97 Å². The van der Waals surface area contributed by atoms with E-state index >= 15 is 0 Å². The van der Waals surface area contributed by atoms with Gasteiger partial charge in [0.15, 0.2) is 0 Å². The van der Waals surface area contributed by atoms with Crippen molar-refractivity contribution in [3.05, 3.63) is 40.1 Å². The van der Waals surface area contributed by atoms with Crippen LogP contribution in [0.1, 0.15) is 26.6 Å². The van der Waals surface area contributed by atoms with Gasteiger partial charge in [0.05, 0.1) is 15.7 Å². The minimum atomic E-state index is -0.166. The number of hydrogen-bond acceptors (Lipinski definition) is 3. The quantitative estimate of drug-likeness (QED) is 0.852. The molecule has 1 aromatic heterocycles. The van der Waals surface area contributed by atoms with E-state index in [1.165, 1.54) is 0 Å². The molecule has 0 saturated heterocycles. The molecule has 0 unspecified atom stereocenters. The molecule has 2 rings (SSSR count). The van der Waals surface area contributed by atoms with Crippen molar-refractivity contribution in [2.75, 3.05) is 5.73 Å². The monoisotopic (exact) mass is 295 g/mol. The van der Waals surface area contributed by atoms with E-state index in [2.05, 4.69) is 9.97 Å². The Morgan fingerprint density at radius 2 is 1.68 bits per heavy atom. The first kappa shape index (κ1) is 14.1. The number of hydrogen-bond donors (Lipinski definition) is 1. The lowest BCUT2D eigenvalue weighted by atomic mass is 9.95. The van der Waals surface area contributed by atoms with Gasteiger partial charge in [-0.25, -0.2) is 9.97 Å². The zero-order valence-electron chi connectivity index (χ0n) is 11.0. The predicted octanol–water partition coefficient (Wildman–Crippen LogP) is 4.33. The average Bonchev–Trinajstić information content (AvgIpc) is 2.31. The van der Waals surface area contributed by atoms with Gasteiger partial charge in [0, 0.05) is 17.0 Å². The van der Waals surface area contributed by atoms with E-state index in [9.17, 15) is 0 Å². The van der Waals surface area contributed by atoms with Gasteiger partial charge < -0.3 is 5.73 Å². The van der Waals surface area contributed by atoms with Gasteiger partial charge in [-0.1, -0.05) is 50.0 Å². The summed E-state index contributed by atoms with van der Waals surface area (Å²) in [5.74, 6) is 1.15. The van der Waals surface area contributed by atoms with E-state index in [-0.39, 0.29) is 5.41 Å². The Labute approximate surface area is 122 Å². The number of rotatable bonds is 1. The Kier molecular flexibility index (Phi) is 3.70. The molecule has 2 aromatic rings. The number of halogens is 2. The van der Waals surface area contributed by atoms with Crippen LogP contribution in [0.15, 0.2) is 24.3 Å². The summed E-state index contributed by atoms with van der Waals surface area (Å²) in [6.07, 6.45) is 0. The molecule has 0 saturated carbocycles. The van der Waals surface area contributed by atoms with Crippen molar-refractivity contribution in [2.24, 2.45) is 0 Å². The normalized spacial score (nSPS) is 11.6. The van der Waals surface area contributed by atoms with E-state index in [0.29, 0.717) is 21.7 Å². The molecule has 0 amide bonds. The van der Waals surface area contributed by atoms with Crippen molar-refractivity contribution in [2.45, 2.75) is 26.2 Å². The topological polar surface area (TPSA) is 51.8 Å². The van der Waals surface area contributed by atoms with Crippen molar-refractivity contribution in [1.29, 1.82) is 0 Å². The number of anilines is 1. The molecule has 100 valence electrons. The highest BCUT2D eigenvalue weighted by molar-refractivity contribution is 6.42. The minimum absolute atomic E-state index is 0.166. The van der Waals surface area contributed by atoms with Crippen molar-refractivity contribution in [1.82, 2.24) is 9.97 Å². The maximum Gasteiger partial charge on any atom is 0.136 e. The van der Waals surface area contributed by atoms with Crippen LogP contribution in [0.4, 0.5) is 5.82 Å². The van der Waals surface area contributed by atoms with E-state index in [0.717, 1.165) is 11.3 Å². The van der Waals surface area contributed by atoms with Crippen LogP contribution in [0.5, 0.6) is 0 Å². The molecule has 19 heavy (non-hydrogen) atoms. The molecule has 0 atom stereocenters. The van der Waals surface area contributed by atoms with Crippen LogP contribution in [0.2, 0.25) is 10.0 Å². The van der Waals surface area contributed by atoms with Crippen LogP contribution >= 0.6 is 23.2 Å². The van der Waals surface area contributed by atoms with Crippen LogP contribution in [0.25, 0.3) is 11.3 Å². The summed E-state index contributed by atoms with van der Waals surface area (Å²) in [6.45, 7) is 6.13. The molecule has 0 aliphatic rings. The number of nitrogens with two attached hydrogens (primary N) is 1. The Morgan fingerprint density at radius 1 is 1.00 bits per heavy atom. The summed E-state index contributed by atoms with van der Waals surface area (Å²) in [7, 11) is 0. The smallest absolute Gasteiger partial charge is 0.136 e. The van der Waals surface area contributed by atoms with Crippen molar-refractivity contribution < 1.29 is 0 Å². The number of benzene rings is 1. The molecule has 0 aliphatic heterocycles. The van der Waals surface area contributed by atoms with Crippen LogP contribution in [0, 0.1) is 0 Å². The van der Waals surface area contributed by atoms with Gasteiger partial charge in [0.1, 0.15) is 11.6 Å². The highest BCUT2D eigenvalue weighted by Crippen LogP contribution is 2.29. The standard InChI is InChI=1S/C14H15Cl2N3/c1-14(2,3)13-18-11(7-12(17)19-13)8-4-5-9(15)10(16)6-8/h4-7H,1-3H3,(H2,17,18,19). The lowest BCUT2D eigenvalue weighted by molar-refractivity contribution is 0.547. The molecule has 0 spiro atoms. The summed E-state index contributed by atoms with van der Waals surface area (Å²) in [5.41, 5.74) is 7.30. The third kappa shape index (κ3) is 3.17. The second-order valence-electron chi connectivity index (χ2n) is 5.38. The SMILES string of the molecule is CC(C)(C)c1nc(N)cc(-c2ccc(Cl)c(Cl)c2)n1. The number of nitrogens with zero attached hydrogens (tertiary/aromatic N) is 2. The minimum Gasteiger partial charge on any atom is -0.384 e. The Balaban J connectivity index is 2.56. The third-order valence-corrected chi connectivity index (χ3v) is 3.37. The van der Waals surface area contributed by atoms with Crippen molar-refractivity contribution >= 4 is 29.0 Å². The first-order valence-corrected chi connectivity index (χ1v) is 6.63. The average molecular weight is 296 g/mol. The van der Waals surface area contributed by atoms with Crippen molar-refractivity contribution in [3.8, 4) is 11.3 Å². The van der Waals surface area contributed by atoms with Gasteiger partial charge in [0.25, 0.3) is 0 Å². The van der Waals surface area contributed by atoms with Gasteiger partial charge in [-0.05, 0) is 12.1 Å². The highest BCUT2D eigenvalue weighted by Gasteiger charge is 2.19. The lowest BCUT2D eigenvalue weighted by Gasteiger charge is -2.17. The second kappa shape index (κ2) is 4.99. The first-order valence-electron chi connectivity index (χ1n) is 5.88. The van der Waals surface area contributed by atoms with Gasteiger partial charge in [-0.2, -0.15) is 0 Å². The van der Waals surface area contributed by atoms with E-state index in [1.54, 1.807) is 18.2 Å². The second-order valence-corrected chi connectivity index (χ2v) is 6.19. The maximum atomic E-state index is 6.03. The summed E-state index contributed by atoms with van der Waals surface area (Å²) < 4.78 is 0. The molecule has 2 N–H and O–H groups in total. The fourth-order valence-electron chi connectivity index (χ4n) is 1.60. The maximum absolute atomic E-state index is 6.03. The molecule has 5 heteroatoms. The Morgan fingerprint density at radius 3 is 2.26 bits per heavy atom. The summed E-state index contributed by atoms with van der Waals surface area (Å²) in [5, 5.41) is 1.01. The fraction of sp³-hybridized carbons (Fsp3) is 0.286. The summed E-state index contributed by atoms with van der Waals surface area (Å²) >= 11 is 11.9. The summed E-state index contributed by atoms with van der Waals surface area (Å²) in [6, 6.07) is 7.11. The largest absolute Gasteiger partial charge is 0.384 e. The van der Waals surface area contributed by atoms with Crippen LogP contribution < -0.4 is 5.73 Å². The zero-order valence-corrected chi connectivity index (χ0v) is 12.5. The molecule has 3 nitrogen and oxygen atoms in total. The number of aromatic nitrogens is 2. The molecule has 0 bridgehead atoms. The Bertz CT molecular complexity index is 619. The molecular formula is C14H15Cl2N3. The van der Waals surface area contributed by atoms with E-state index in [1.807, 2.05) is 26.8 Å². The predicted molar refractivity (Wildman–Crippen MR) is 80.6 cm³/mol. The summed E-state index contributed by atoms with van der Waals surface area (Å²) in [4.78, 5) is 8.83. The molecule has 1 aromatic carbocycles. The molecule has 0 aliphatic carbocycles. The fourth-order valence-corrected chi connectivity index (χ4v) is 1.90. The number of nitrogen functional groups attached to an aromatic ring is 1. The lowest BCUT2D eigenvalue weighted by Crippen LogP contribution is -2.17. The van der Waals surface area contributed by atoms with Crippen molar-refractivity contribution in [3.63, 3.8) is 0 Å². The molecular weight excluding hydrogens is 281 g/mol. The van der Waals surface area contributed by atoms with Gasteiger partial charge in [-0.15, -0.1) is 0 Å². The van der Waals surface area contributed by atoms with E-state index < -0.39 is 0 Å².